The van der Waals surface area contributed by atoms with Crippen LogP contribution in [0.5, 0.6) is 5.75 Å². The summed E-state index contributed by atoms with van der Waals surface area (Å²) in [5, 5.41) is 3.44. The molecule has 0 aliphatic rings. The highest BCUT2D eigenvalue weighted by atomic mass is 79.9. The van der Waals surface area contributed by atoms with E-state index in [4.69, 9.17) is 9.47 Å². The van der Waals surface area contributed by atoms with Crippen molar-refractivity contribution in [2.24, 2.45) is 0 Å². The number of halogens is 1. The van der Waals surface area contributed by atoms with Crippen LogP contribution in [0.4, 0.5) is 0 Å². The average Bonchev–Trinajstić information content (AvgIpc) is 2.39. The summed E-state index contributed by atoms with van der Waals surface area (Å²) in [5.41, 5.74) is 1.23. The topological polar surface area (TPSA) is 30.5 Å². The highest BCUT2D eigenvalue weighted by molar-refractivity contribution is 9.10. The molecule has 1 aromatic carbocycles. The number of hydrogen-bond donors (Lipinski definition) is 1. The number of ether oxygens (including phenoxy) is 2. The zero-order valence-electron chi connectivity index (χ0n) is 11.2. The van der Waals surface area contributed by atoms with Gasteiger partial charge in [-0.25, -0.2) is 0 Å². The maximum Gasteiger partial charge on any atom is 0.119 e. The molecule has 18 heavy (non-hydrogen) atoms. The van der Waals surface area contributed by atoms with Crippen molar-refractivity contribution in [3.8, 4) is 5.75 Å². The lowest BCUT2D eigenvalue weighted by atomic mass is 10.2. The molecule has 0 bridgehead atoms. The van der Waals surface area contributed by atoms with E-state index in [-0.39, 0.29) is 0 Å². The minimum absolute atomic E-state index is 0.863. The van der Waals surface area contributed by atoms with Crippen LogP contribution < -0.4 is 10.1 Å². The van der Waals surface area contributed by atoms with Gasteiger partial charge in [-0.1, -0.05) is 15.9 Å². The van der Waals surface area contributed by atoms with Crippen LogP contribution in [0, 0.1) is 0 Å². The van der Waals surface area contributed by atoms with Crippen LogP contribution in [0.1, 0.15) is 24.8 Å². The minimum Gasteiger partial charge on any atom is -0.497 e. The van der Waals surface area contributed by atoms with Gasteiger partial charge in [-0.3, -0.25) is 0 Å². The molecule has 3 nitrogen and oxygen atoms in total. The van der Waals surface area contributed by atoms with E-state index in [9.17, 15) is 0 Å². The molecule has 0 spiro atoms. The zero-order valence-corrected chi connectivity index (χ0v) is 12.8. The number of nitrogens with one attached hydrogen (secondary N) is 1. The molecule has 0 saturated heterocycles. The summed E-state index contributed by atoms with van der Waals surface area (Å²) < 4.78 is 11.4. The normalized spacial score (nSPS) is 10.6. The Hall–Kier alpha value is -0.580. The fourth-order valence-corrected chi connectivity index (χ4v) is 2.10. The Labute approximate surface area is 118 Å². The number of rotatable bonds is 9. The number of benzene rings is 1. The monoisotopic (exact) mass is 315 g/mol. The molecule has 0 unspecified atom stereocenters. The molecule has 0 aliphatic heterocycles. The van der Waals surface area contributed by atoms with E-state index in [1.54, 1.807) is 14.2 Å². The molecular formula is C14H22BrNO2. The van der Waals surface area contributed by atoms with Gasteiger partial charge in [0.1, 0.15) is 5.75 Å². The minimum atomic E-state index is 0.863. The van der Waals surface area contributed by atoms with Gasteiger partial charge in [0, 0.05) is 24.7 Å². The summed E-state index contributed by atoms with van der Waals surface area (Å²) in [6.07, 6.45) is 3.53. The van der Waals surface area contributed by atoms with E-state index in [0.29, 0.717) is 0 Å². The Bertz CT molecular complexity index is 345. The van der Waals surface area contributed by atoms with Gasteiger partial charge in [-0.2, -0.15) is 0 Å². The first kappa shape index (κ1) is 15.5. The first-order valence-corrected chi connectivity index (χ1v) is 7.09. The summed E-state index contributed by atoms with van der Waals surface area (Å²) in [7, 11) is 3.44. The molecule has 0 heterocycles. The quantitative estimate of drug-likeness (QED) is 0.709. The Balaban J connectivity index is 2.22. The van der Waals surface area contributed by atoms with Gasteiger partial charge in [0.05, 0.1) is 7.11 Å². The van der Waals surface area contributed by atoms with Crippen LogP contribution in [-0.4, -0.2) is 27.4 Å². The van der Waals surface area contributed by atoms with Crippen molar-refractivity contribution < 1.29 is 9.47 Å². The van der Waals surface area contributed by atoms with Crippen molar-refractivity contribution in [2.75, 3.05) is 27.4 Å². The molecule has 1 rings (SSSR count). The second-order valence-electron chi connectivity index (χ2n) is 4.19. The van der Waals surface area contributed by atoms with Crippen molar-refractivity contribution in [1.82, 2.24) is 5.32 Å². The van der Waals surface area contributed by atoms with Gasteiger partial charge in [-0.05, 0) is 49.6 Å². The van der Waals surface area contributed by atoms with Gasteiger partial charge >= 0.3 is 0 Å². The van der Waals surface area contributed by atoms with Gasteiger partial charge in [-0.15, -0.1) is 0 Å². The predicted octanol–water partition coefficient (Wildman–Crippen LogP) is 3.36. The first-order chi connectivity index (χ1) is 8.77. The van der Waals surface area contributed by atoms with Crippen LogP contribution in [0.2, 0.25) is 0 Å². The fourth-order valence-electron chi connectivity index (χ4n) is 1.71. The molecular weight excluding hydrogens is 294 g/mol. The van der Waals surface area contributed by atoms with Crippen molar-refractivity contribution in [1.29, 1.82) is 0 Å². The van der Waals surface area contributed by atoms with Gasteiger partial charge in [0.2, 0.25) is 0 Å². The first-order valence-electron chi connectivity index (χ1n) is 6.30. The average molecular weight is 316 g/mol. The van der Waals surface area contributed by atoms with Crippen LogP contribution in [0.3, 0.4) is 0 Å². The summed E-state index contributed by atoms with van der Waals surface area (Å²) in [6.45, 7) is 2.76. The Morgan fingerprint density at radius 2 is 2.00 bits per heavy atom. The van der Waals surface area contributed by atoms with Crippen LogP contribution >= 0.6 is 15.9 Å². The Kier molecular flexibility index (Phi) is 8.05. The molecule has 1 aromatic rings. The van der Waals surface area contributed by atoms with E-state index >= 15 is 0 Å². The maximum atomic E-state index is 5.22. The Morgan fingerprint density at radius 3 is 2.72 bits per heavy atom. The third kappa shape index (κ3) is 5.85. The third-order valence-corrected chi connectivity index (χ3v) is 3.54. The van der Waals surface area contributed by atoms with Crippen molar-refractivity contribution in [2.45, 2.75) is 25.8 Å². The largest absolute Gasteiger partial charge is 0.497 e. The molecule has 0 fully saturated rings. The molecule has 1 N–H and O–H groups in total. The van der Waals surface area contributed by atoms with E-state index in [1.165, 1.54) is 18.4 Å². The molecule has 4 heteroatoms. The van der Waals surface area contributed by atoms with Crippen molar-refractivity contribution >= 4 is 15.9 Å². The summed E-state index contributed by atoms with van der Waals surface area (Å²) in [6, 6.07) is 6.04. The number of methoxy groups -OCH3 is 2. The molecule has 0 atom stereocenters. The molecule has 0 aliphatic carbocycles. The van der Waals surface area contributed by atoms with Crippen LogP contribution in [0.15, 0.2) is 22.7 Å². The van der Waals surface area contributed by atoms with E-state index < -0.39 is 0 Å². The lowest BCUT2D eigenvalue weighted by Crippen LogP contribution is -2.15. The second kappa shape index (κ2) is 9.36. The standard InChI is InChI=1S/C14H22BrNO2/c1-17-9-5-3-4-8-16-11-12-10-13(18-2)6-7-14(12)15/h6-7,10,16H,3-5,8-9,11H2,1-2H3. The highest BCUT2D eigenvalue weighted by Gasteiger charge is 2.01. The molecule has 0 radical (unpaired) electrons. The van der Waals surface area contributed by atoms with Crippen LogP contribution in [-0.2, 0) is 11.3 Å². The molecule has 0 saturated carbocycles. The van der Waals surface area contributed by atoms with Crippen molar-refractivity contribution in [3.05, 3.63) is 28.2 Å². The smallest absolute Gasteiger partial charge is 0.119 e. The SMILES string of the molecule is COCCCCCNCc1cc(OC)ccc1Br. The highest BCUT2D eigenvalue weighted by Crippen LogP contribution is 2.22. The fraction of sp³-hybridized carbons (Fsp3) is 0.571. The second-order valence-corrected chi connectivity index (χ2v) is 5.04. The molecule has 0 amide bonds. The van der Waals surface area contributed by atoms with Gasteiger partial charge < -0.3 is 14.8 Å². The lowest BCUT2D eigenvalue weighted by molar-refractivity contribution is 0.192. The molecule has 0 aromatic heterocycles. The summed E-state index contributed by atoms with van der Waals surface area (Å²) >= 11 is 3.55. The third-order valence-electron chi connectivity index (χ3n) is 2.77. The number of unbranched alkanes of at least 4 members (excludes halogenated alkanes) is 2. The van der Waals surface area contributed by atoms with Gasteiger partial charge in [0.15, 0.2) is 0 Å². The van der Waals surface area contributed by atoms with E-state index in [0.717, 1.165) is 36.3 Å². The van der Waals surface area contributed by atoms with E-state index in [2.05, 4.69) is 27.3 Å². The number of hydrogen-bond acceptors (Lipinski definition) is 3. The predicted molar refractivity (Wildman–Crippen MR) is 78.1 cm³/mol. The maximum absolute atomic E-state index is 5.22. The van der Waals surface area contributed by atoms with Gasteiger partial charge in [0.25, 0.3) is 0 Å². The lowest BCUT2D eigenvalue weighted by Gasteiger charge is -2.09. The van der Waals surface area contributed by atoms with E-state index in [1.807, 2.05) is 12.1 Å². The molecule has 102 valence electrons. The van der Waals surface area contributed by atoms with Crippen LogP contribution in [0.25, 0.3) is 0 Å². The summed E-state index contributed by atoms with van der Waals surface area (Å²) in [4.78, 5) is 0. The summed E-state index contributed by atoms with van der Waals surface area (Å²) in [5.74, 6) is 0.898. The Morgan fingerprint density at radius 1 is 1.17 bits per heavy atom. The zero-order chi connectivity index (χ0) is 13.2. The van der Waals surface area contributed by atoms with Crippen molar-refractivity contribution in [3.63, 3.8) is 0 Å².